The number of carbonyl (C=O) groups is 1. The number of nitrogens with one attached hydrogen (secondary N) is 1. The van der Waals surface area contributed by atoms with Crippen LogP contribution in [0.1, 0.15) is 49.3 Å². The van der Waals surface area contributed by atoms with Gasteiger partial charge in [-0.2, -0.15) is 0 Å². The van der Waals surface area contributed by atoms with Gasteiger partial charge in [-0.15, -0.1) is 0 Å². The van der Waals surface area contributed by atoms with Crippen LogP contribution in [0.3, 0.4) is 0 Å². The lowest BCUT2D eigenvalue weighted by molar-refractivity contribution is -0.111. The first-order valence-corrected chi connectivity index (χ1v) is 15.1. The zero-order chi connectivity index (χ0) is 27.7. The Morgan fingerprint density at radius 3 is 2.23 bits per heavy atom. The molecule has 40 heavy (non-hydrogen) atoms. The van der Waals surface area contributed by atoms with Crippen LogP contribution in [0.4, 0.5) is 5.82 Å². The maximum absolute atomic E-state index is 14.3. The maximum Gasteiger partial charge on any atom is 0.249 e. The molecule has 1 N–H and O–H groups in total. The third-order valence-electron chi connectivity index (χ3n) is 7.46. The standard InChI is InChI=1S/C32H30N4O3S/c1-22-16-19-25(20-17-22)40(38,39)30-29-31(34-27-15-9-8-14-26(27)33-29)36(24-12-6-3-7-13-24)32(30)35-28(37)21-18-23-10-4-2-5-11-23/h2,4-5,8-11,14-21,24H,3,6-7,12-13H2,1H3,(H,35,37). The highest BCUT2D eigenvalue weighted by atomic mass is 32.2. The van der Waals surface area contributed by atoms with Crippen LogP contribution in [-0.2, 0) is 14.6 Å². The normalized spacial score (nSPS) is 14.7. The molecule has 0 bridgehead atoms. The zero-order valence-corrected chi connectivity index (χ0v) is 23.1. The highest BCUT2D eigenvalue weighted by Gasteiger charge is 2.34. The Kier molecular flexibility index (Phi) is 6.94. The van der Waals surface area contributed by atoms with Crippen LogP contribution in [0.25, 0.3) is 28.3 Å². The second-order valence-electron chi connectivity index (χ2n) is 10.3. The first-order valence-electron chi connectivity index (χ1n) is 13.6. The van der Waals surface area contributed by atoms with Crippen molar-refractivity contribution in [3.05, 3.63) is 96.1 Å². The summed E-state index contributed by atoms with van der Waals surface area (Å²) < 4.78 is 30.6. The van der Waals surface area contributed by atoms with Crippen molar-refractivity contribution < 1.29 is 13.2 Å². The molecule has 6 rings (SSSR count). The molecule has 5 aromatic rings. The number of fused-ring (bicyclic) bond motifs is 2. The van der Waals surface area contributed by atoms with Gasteiger partial charge in [-0.1, -0.05) is 79.4 Å². The third kappa shape index (κ3) is 4.91. The first-order chi connectivity index (χ1) is 19.4. The molecule has 1 fully saturated rings. The van der Waals surface area contributed by atoms with Crippen molar-refractivity contribution >= 4 is 49.8 Å². The Balaban J connectivity index is 1.60. The average molecular weight is 551 g/mol. The number of rotatable bonds is 6. The number of amides is 1. The fraction of sp³-hybridized carbons (Fsp3) is 0.219. The molecule has 1 amide bonds. The van der Waals surface area contributed by atoms with E-state index in [4.69, 9.17) is 9.97 Å². The molecule has 202 valence electrons. The lowest BCUT2D eigenvalue weighted by Crippen LogP contribution is -2.20. The van der Waals surface area contributed by atoms with E-state index in [1.807, 2.05) is 66.1 Å². The number of aromatic nitrogens is 3. The SMILES string of the molecule is Cc1ccc(S(=O)(=O)c2c(NC(=O)C=Cc3ccccc3)n(C3CCCCC3)c3nc4ccccc4nc23)cc1. The summed E-state index contributed by atoms with van der Waals surface area (Å²) in [5, 5.41) is 2.96. The van der Waals surface area contributed by atoms with Crippen LogP contribution in [0.2, 0.25) is 0 Å². The first kappa shape index (κ1) is 26.0. The van der Waals surface area contributed by atoms with Gasteiger partial charge >= 0.3 is 0 Å². The second kappa shape index (κ2) is 10.7. The molecule has 2 aromatic heterocycles. The van der Waals surface area contributed by atoms with E-state index >= 15 is 0 Å². The van der Waals surface area contributed by atoms with E-state index in [9.17, 15) is 13.2 Å². The fourth-order valence-electron chi connectivity index (χ4n) is 5.43. The minimum Gasteiger partial charge on any atom is -0.307 e. The summed E-state index contributed by atoms with van der Waals surface area (Å²) in [5.74, 6) is -0.200. The smallest absolute Gasteiger partial charge is 0.249 e. The van der Waals surface area contributed by atoms with Crippen LogP contribution in [-0.4, -0.2) is 28.9 Å². The maximum atomic E-state index is 14.3. The number of benzene rings is 3. The van der Waals surface area contributed by atoms with Gasteiger partial charge < -0.3 is 9.88 Å². The minimum atomic E-state index is -4.07. The van der Waals surface area contributed by atoms with E-state index in [1.54, 1.807) is 30.3 Å². The summed E-state index contributed by atoms with van der Waals surface area (Å²) in [5.41, 5.74) is 3.83. The molecule has 0 saturated heterocycles. The molecule has 1 saturated carbocycles. The van der Waals surface area contributed by atoms with Gasteiger partial charge in [0.05, 0.1) is 15.9 Å². The average Bonchev–Trinajstić information content (AvgIpc) is 3.29. The van der Waals surface area contributed by atoms with Crippen LogP contribution >= 0.6 is 0 Å². The summed E-state index contributed by atoms with van der Waals surface area (Å²) in [6.07, 6.45) is 8.04. The molecule has 1 aliphatic rings. The molecule has 2 heterocycles. The molecule has 0 radical (unpaired) electrons. The molecule has 0 unspecified atom stereocenters. The van der Waals surface area contributed by atoms with E-state index in [0.717, 1.165) is 43.2 Å². The molecule has 7 nitrogen and oxygen atoms in total. The quantitative estimate of drug-likeness (QED) is 0.233. The van der Waals surface area contributed by atoms with Crippen molar-refractivity contribution in [1.82, 2.24) is 14.5 Å². The molecule has 0 aliphatic heterocycles. The number of carbonyl (C=O) groups excluding carboxylic acids is 1. The topological polar surface area (TPSA) is 94.0 Å². The Morgan fingerprint density at radius 1 is 0.875 bits per heavy atom. The summed E-state index contributed by atoms with van der Waals surface area (Å²) in [6.45, 7) is 1.91. The van der Waals surface area contributed by atoms with Gasteiger partial charge in [0.2, 0.25) is 15.7 Å². The molecule has 0 spiro atoms. The number of sulfone groups is 1. The lowest BCUT2D eigenvalue weighted by Gasteiger charge is -2.26. The number of aryl methyl sites for hydroxylation is 1. The van der Waals surface area contributed by atoms with Crippen molar-refractivity contribution in [1.29, 1.82) is 0 Å². The molecule has 0 atom stereocenters. The number of hydrogen-bond acceptors (Lipinski definition) is 5. The Bertz CT molecular complexity index is 1840. The molecule has 3 aromatic carbocycles. The van der Waals surface area contributed by atoms with E-state index in [1.165, 1.54) is 6.08 Å². The Hall–Kier alpha value is -4.30. The molecule has 8 heteroatoms. The summed E-state index contributed by atoms with van der Waals surface area (Å²) in [4.78, 5) is 23.2. The van der Waals surface area contributed by atoms with E-state index in [2.05, 4.69) is 5.32 Å². The summed E-state index contributed by atoms with van der Waals surface area (Å²) >= 11 is 0. The number of para-hydroxylation sites is 2. The van der Waals surface area contributed by atoms with Gasteiger partial charge in [0.15, 0.2) is 5.65 Å². The van der Waals surface area contributed by atoms with Gasteiger partial charge in [-0.05, 0) is 55.7 Å². The van der Waals surface area contributed by atoms with Crippen LogP contribution in [0.15, 0.2) is 94.7 Å². The van der Waals surface area contributed by atoms with E-state index < -0.39 is 15.7 Å². The van der Waals surface area contributed by atoms with Crippen LogP contribution in [0.5, 0.6) is 0 Å². The van der Waals surface area contributed by atoms with Crippen molar-refractivity contribution in [3.8, 4) is 0 Å². The van der Waals surface area contributed by atoms with Gasteiger partial charge in [-0.25, -0.2) is 18.4 Å². The van der Waals surface area contributed by atoms with Gasteiger partial charge in [0.25, 0.3) is 0 Å². The molecular formula is C32H30N4O3S. The molecule has 1 aliphatic carbocycles. The zero-order valence-electron chi connectivity index (χ0n) is 22.2. The van der Waals surface area contributed by atoms with Gasteiger partial charge in [0, 0.05) is 12.1 Å². The van der Waals surface area contributed by atoms with Crippen molar-refractivity contribution in [2.75, 3.05) is 5.32 Å². The van der Waals surface area contributed by atoms with Gasteiger partial charge in [0.1, 0.15) is 16.2 Å². The van der Waals surface area contributed by atoms with Gasteiger partial charge in [-0.3, -0.25) is 4.79 Å². The second-order valence-corrected chi connectivity index (χ2v) is 12.2. The Labute approximate surface area is 233 Å². The largest absolute Gasteiger partial charge is 0.307 e. The predicted octanol–water partition coefficient (Wildman–Crippen LogP) is 6.88. The van der Waals surface area contributed by atoms with E-state index in [-0.39, 0.29) is 27.2 Å². The number of nitrogens with zero attached hydrogens (tertiary/aromatic N) is 3. The lowest BCUT2D eigenvalue weighted by atomic mass is 9.95. The Morgan fingerprint density at radius 2 is 1.52 bits per heavy atom. The fourth-order valence-corrected chi connectivity index (χ4v) is 6.96. The third-order valence-corrected chi connectivity index (χ3v) is 9.28. The minimum absolute atomic E-state index is 0.0120. The van der Waals surface area contributed by atoms with Crippen molar-refractivity contribution in [2.24, 2.45) is 0 Å². The van der Waals surface area contributed by atoms with Crippen molar-refractivity contribution in [2.45, 2.75) is 54.9 Å². The highest BCUT2D eigenvalue weighted by Crippen LogP contribution is 2.42. The van der Waals surface area contributed by atoms with Crippen LogP contribution in [0, 0.1) is 6.92 Å². The van der Waals surface area contributed by atoms with Crippen LogP contribution < -0.4 is 5.32 Å². The molecular weight excluding hydrogens is 520 g/mol. The van der Waals surface area contributed by atoms with E-state index in [0.29, 0.717) is 16.7 Å². The highest BCUT2D eigenvalue weighted by molar-refractivity contribution is 7.92. The monoisotopic (exact) mass is 550 g/mol. The predicted molar refractivity (Wildman–Crippen MR) is 158 cm³/mol. The number of hydrogen-bond donors (Lipinski definition) is 1. The summed E-state index contributed by atoms with van der Waals surface area (Å²) in [6, 6.07) is 23.7. The summed E-state index contributed by atoms with van der Waals surface area (Å²) in [7, 11) is -4.07. The van der Waals surface area contributed by atoms with Crippen molar-refractivity contribution in [3.63, 3.8) is 0 Å². The number of anilines is 1.